The molecule has 6 heterocycles. The molecule has 1 radical (unpaired) electrons. The number of ether oxygens (including phenoxy) is 2. The summed E-state index contributed by atoms with van der Waals surface area (Å²) in [6.45, 7) is 1.56. The van der Waals surface area contributed by atoms with Crippen molar-refractivity contribution >= 4 is 159 Å². The van der Waals surface area contributed by atoms with Crippen molar-refractivity contribution in [2.45, 2.75) is 65.7 Å². The van der Waals surface area contributed by atoms with Crippen molar-refractivity contribution in [2.75, 3.05) is 32.0 Å². The number of aromatic nitrogens is 8. The maximum Gasteiger partial charge on any atom is 0.569 e. The summed E-state index contributed by atoms with van der Waals surface area (Å²) in [5, 5.41) is 37.5. The molecule has 28 heteroatoms. The molecule has 4 aromatic heterocycles. The second-order valence-electron chi connectivity index (χ2n) is 20.1. The van der Waals surface area contributed by atoms with Gasteiger partial charge in [-0.25, -0.2) is 34.6 Å². The van der Waals surface area contributed by atoms with Gasteiger partial charge in [0.25, 0.3) is 0 Å². The molecule has 0 aliphatic carbocycles. The van der Waals surface area contributed by atoms with Gasteiger partial charge in [0.1, 0.15) is 5.75 Å². The Bertz CT molecular complexity index is 4570. The van der Waals surface area contributed by atoms with Gasteiger partial charge in [0, 0.05) is 82.6 Å². The van der Waals surface area contributed by atoms with Gasteiger partial charge in [-0.05, 0) is 190 Å². The van der Waals surface area contributed by atoms with Crippen LogP contribution in [0.4, 0.5) is 0 Å². The van der Waals surface area contributed by atoms with Crippen LogP contribution in [0, 0.1) is 0 Å². The quantitative estimate of drug-likeness (QED) is 0.114. The topological polar surface area (TPSA) is 243 Å². The van der Waals surface area contributed by atoms with Crippen molar-refractivity contribution in [3.8, 4) is 28.0 Å². The average molecular weight is 1440 g/mol. The zero-order chi connectivity index (χ0) is 62.2. The third-order valence-electron chi connectivity index (χ3n) is 13.8. The average Bonchev–Trinajstić information content (AvgIpc) is 1.88. The molecule has 2 aliphatic rings. The molecule has 0 saturated carbocycles. The maximum atomic E-state index is 11.7. The number of halogens is 6. The van der Waals surface area contributed by atoms with Gasteiger partial charge in [0.2, 0.25) is 0 Å². The molecule has 18 nitrogen and oxygen atoms in total. The van der Waals surface area contributed by atoms with Gasteiger partial charge in [0.15, 0.2) is 42.0 Å². The molecular weight excluding hydrogens is 1390 g/mol. The molecular formula is C59H54BBr2Cl4N8O10S3. The lowest BCUT2D eigenvalue weighted by atomic mass is 10.0. The summed E-state index contributed by atoms with van der Waals surface area (Å²) >= 11 is 31.2. The van der Waals surface area contributed by atoms with Crippen molar-refractivity contribution in [1.29, 1.82) is 0 Å². The summed E-state index contributed by atoms with van der Waals surface area (Å²) in [5.41, 5.74) is 7.38. The highest BCUT2D eigenvalue weighted by atomic mass is 79.9. The summed E-state index contributed by atoms with van der Waals surface area (Å²) < 4.78 is 90.3. The molecule has 11 aromatic rings. The van der Waals surface area contributed by atoms with Crippen LogP contribution in [0.2, 0.25) is 20.1 Å². The first-order valence-electron chi connectivity index (χ1n) is 26.6. The van der Waals surface area contributed by atoms with Crippen molar-refractivity contribution in [2.24, 2.45) is 0 Å². The zero-order valence-corrected chi connectivity index (χ0v) is 55.2. The molecule has 453 valence electrons. The number of nitrogens with zero attached hydrogens (tertiary/aromatic N) is 6. The molecule has 0 spiro atoms. The van der Waals surface area contributed by atoms with Crippen molar-refractivity contribution in [1.82, 2.24) is 40.0 Å². The lowest BCUT2D eigenvalue weighted by molar-refractivity contribution is -0.0367. The van der Waals surface area contributed by atoms with E-state index in [1.165, 1.54) is 43.2 Å². The van der Waals surface area contributed by atoms with Crippen LogP contribution in [0.25, 0.3) is 65.9 Å². The standard InChI is InChI=1S/C19H19ClN2O3S.C14H11ClN2O2S.C12H12BrClN2O.C7H8BO4S.C7H4BrClN2/c1-26(23,24)15-7-5-13(6-8-15)16-10-14(20)11-18-17(16)12-21-22(18)19-4-2-3-9-25-19;1-20(18,19)11-4-2-9(3-5-11)12-6-10(15)7-14-13(12)8-16-17-14;13-10-5-8(14)6-11-9(10)7-15-16(11)12-3-1-2-4-17-12;1-13(10,11)7-4-2-6(3-5-7)12-8-9;8-6-1-4(9)2-7-5(6)3-10-11-7/h5-8,10-12,19H,2-4,9H2,1H3;2-8H,1H3,(H,16,17);5-7,12H,1-4H2;2-5,9H,1H3;1-3H,(H,10,11). The summed E-state index contributed by atoms with van der Waals surface area (Å²) in [5.74, 6) is 0.384. The Kier molecular flexibility index (Phi) is 21.7. The van der Waals surface area contributed by atoms with Gasteiger partial charge >= 0.3 is 7.69 Å². The van der Waals surface area contributed by atoms with E-state index in [0.717, 1.165) is 126 Å². The highest BCUT2D eigenvalue weighted by molar-refractivity contribution is 9.11. The van der Waals surface area contributed by atoms with Crippen LogP contribution in [-0.2, 0) is 39.0 Å². The number of H-pyrrole nitrogens is 2. The summed E-state index contributed by atoms with van der Waals surface area (Å²) in [6.07, 6.45) is 17.1. The largest absolute Gasteiger partial charge is 0.569 e. The van der Waals surface area contributed by atoms with Gasteiger partial charge in [0.05, 0.1) is 61.5 Å². The van der Waals surface area contributed by atoms with E-state index >= 15 is 0 Å². The minimum Gasteiger partial charge on any atom is -0.537 e. The van der Waals surface area contributed by atoms with Crippen LogP contribution in [0.3, 0.4) is 0 Å². The molecule has 3 N–H and O–H groups in total. The van der Waals surface area contributed by atoms with Gasteiger partial charge in [-0.2, -0.15) is 20.4 Å². The summed E-state index contributed by atoms with van der Waals surface area (Å²) in [7, 11) is -9.03. The van der Waals surface area contributed by atoms with Gasteiger partial charge in [-0.1, -0.05) is 70.7 Å². The smallest absolute Gasteiger partial charge is 0.537 e. The second-order valence-corrected chi connectivity index (χ2v) is 29.6. The minimum atomic E-state index is -3.22. The molecule has 0 amide bonds. The van der Waals surface area contributed by atoms with Crippen molar-refractivity contribution in [3.63, 3.8) is 0 Å². The van der Waals surface area contributed by atoms with Gasteiger partial charge in [-0.3, -0.25) is 10.2 Å². The lowest BCUT2D eigenvalue weighted by Crippen LogP contribution is -2.18. The Hall–Kier alpha value is -5.87. The first-order valence-corrected chi connectivity index (χ1v) is 35.4. The zero-order valence-electron chi connectivity index (χ0n) is 46.5. The molecule has 2 unspecified atom stereocenters. The molecule has 7 aromatic carbocycles. The summed E-state index contributed by atoms with van der Waals surface area (Å²) in [6, 6.07) is 34.3. The van der Waals surface area contributed by atoms with E-state index < -0.39 is 29.5 Å². The van der Waals surface area contributed by atoms with Crippen LogP contribution < -0.4 is 4.65 Å². The van der Waals surface area contributed by atoms with Crippen molar-refractivity contribution in [3.05, 3.63) is 175 Å². The lowest BCUT2D eigenvalue weighted by Gasteiger charge is -2.23. The van der Waals surface area contributed by atoms with Crippen molar-refractivity contribution < 1.29 is 44.4 Å². The first-order chi connectivity index (χ1) is 41.4. The number of hydrogen-bond acceptors (Lipinski definition) is 14. The Morgan fingerprint density at radius 1 is 0.517 bits per heavy atom. The molecule has 13 rings (SSSR count). The maximum absolute atomic E-state index is 11.7. The first kappa shape index (κ1) is 65.6. The van der Waals surface area contributed by atoms with Crippen LogP contribution in [0.15, 0.2) is 170 Å². The number of aromatic amines is 2. The van der Waals surface area contributed by atoms with Crippen LogP contribution in [0.1, 0.15) is 51.0 Å². The van der Waals surface area contributed by atoms with E-state index in [2.05, 4.69) is 67.1 Å². The number of sulfone groups is 3. The molecule has 87 heavy (non-hydrogen) atoms. The Morgan fingerprint density at radius 2 is 0.908 bits per heavy atom. The van der Waals surface area contributed by atoms with E-state index in [1.54, 1.807) is 67.0 Å². The fourth-order valence-corrected chi connectivity index (χ4v) is 13.7. The Morgan fingerprint density at radius 3 is 1.37 bits per heavy atom. The molecule has 2 aliphatic heterocycles. The van der Waals surface area contributed by atoms with Crippen LogP contribution >= 0.6 is 78.3 Å². The van der Waals surface area contributed by atoms with Crippen LogP contribution in [0.5, 0.6) is 5.75 Å². The SMILES string of the molecule is CS(=O)(=O)c1ccc(-c2cc(Cl)cc3[nH]ncc23)cc1.CS(=O)(=O)c1ccc(-c2cc(Cl)cc3c2cnn3C2CCCCO2)cc1.CS(=O)(=O)c1ccc(O[B]O)cc1.Clc1cc(Br)c2cn[nH]c2c1.Clc1cc(Br)c2cnn(C3CCCCO3)c2c1. The molecule has 2 fully saturated rings. The minimum absolute atomic E-state index is 0.0478. The number of hydrogen-bond donors (Lipinski definition) is 3. The number of nitrogens with one attached hydrogen (secondary N) is 2. The third-order valence-corrected chi connectivity index (χ3v) is 19.4. The predicted octanol–water partition coefficient (Wildman–Crippen LogP) is 14.9. The predicted molar refractivity (Wildman–Crippen MR) is 350 cm³/mol. The van der Waals surface area contributed by atoms with Crippen LogP contribution in [-0.4, -0.2) is 110 Å². The second kappa shape index (κ2) is 28.7. The van der Waals surface area contributed by atoms with E-state index in [4.69, 9.17) is 60.9 Å². The Labute approximate surface area is 539 Å². The number of rotatable bonds is 9. The van der Waals surface area contributed by atoms with Gasteiger partial charge < -0.3 is 19.2 Å². The van der Waals surface area contributed by atoms with E-state index in [9.17, 15) is 25.3 Å². The van der Waals surface area contributed by atoms with E-state index in [0.29, 0.717) is 43.3 Å². The highest BCUT2D eigenvalue weighted by Gasteiger charge is 2.22. The molecule has 2 saturated heterocycles. The number of benzene rings is 7. The third kappa shape index (κ3) is 16.7. The molecule has 0 bridgehead atoms. The van der Waals surface area contributed by atoms with E-state index in [-0.39, 0.29) is 17.4 Å². The fraction of sp³-hybridized carbons (Fsp3) is 0.220. The summed E-state index contributed by atoms with van der Waals surface area (Å²) in [4.78, 5) is 0.815. The molecule has 2 atom stereocenters. The highest BCUT2D eigenvalue weighted by Crippen LogP contribution is 2.37. The Balaban J connectivity index is 0.000000134. The number of fused-ring (bicyclic) bond motifs is 4. The fourth-order valence-electron chi connectivity index (χ4n) is 9.53. The van der Waals surface area contributed by atoms with Gasteiger partial charge in [-0.15, -0.1) is 0 Å². The monoisotopic (exact) mass is 1440 g/mol. The van der Waals surface area contributed by atoms with E-state index in [1.807, 2.05) is 64.2 Å². The normalized spacial score (nSPS) is 15.3.